The molecule has 1 aliphatic heterocycles. The Balaban J connectivity index is 1.60. The average molecular weight is 279 g/mol. The van der Waals surface area contributed by atoms with E-state index in [4.69, 9.17) is 0 Å². The highest BCUT2D eigenvalue weighted by atomic mass is 32.2. The average Bonchev–Trinajstić information content (AvgIpc) is 3.14. The number of aromatic nitrogens is 2. The van der Waals surface area contributed by atoms with Crippen LogP contribution in [0.4, 0.5) is 0 Å². The second kappa shape index (κ2) is 4.72. The topological polar surface area (TPSA) is 40.7 Å². The Morgan fingerprint density at radius 3 is 2.60 bits per heavy atom. The Labute approximate surface area is 121 Å². The second-order valence-corrected chi connectivity index (χ2v) is 5.68. The number of thioether (sulfide) groups is 1. The molecule has 0 saturated heterocycles. The van der Waals surface area contributed by atoms with Crippen LogP contribution in [0.2, 0.25) is 0 Å². The van der Waals surface area contributed by atoms with E-state index in [0.717, 1.165) is 22.6 Å². The van der Waals surface area contributed by atoms with E-state index in [2.05, 4.69) is 51.0 Å². The molecule has 1 atom stereocenters. The van der Waals surface area contributed by atoms with Crippen LogP contribution >= 0.6 is 11.8 Å². The van der Waals surface area contributed by atoms with Gasteiger partial charge in [0.2, 0.25) is 0 Å². The van der Waals surface area contributed by atoms with Gasteiger partial charge in [-0.2, -0.15) is 0 Å². The second-order valence-electron chi connectivity index (χ2n) is 4.70. The minimum Gasteiger partial charge on any atom is -0.366 e. The molecule has 20 heavy (non-hydrogen) atoms. The van der Waals surface area contributed by atoms with Gasteiger partial charge in [0.15, 0.2) is 0 Å². The minimum absolute atomic E-state index is 0.151. The van der Waals surface area contributed by atoms with E-state index in [1.807, 2.05) is 24.3 Å². The first kappa shape index (κ1) is 11.6. The summed E-state index contributed by atoms with van der Waals surface area (Å²) in [6.07, 6.45) is 0. The molecular weight excluding hydrogens is 266 g/mol. The van der Waals surface area contributed by atoms with Crippen LogP contribution in [-0.4, -0.2) is 9.97 Å². The smallest absolute Gasteiger partial charge is 0.140 e. The van der Waals surface area contributed by atoms with Crippen LogP contribution in [0.25, 0.3) is 16.7 Å². The fraction of sp³-hybridized carbons (Fsp3) is 0.0625. The third-order valence-corrected chi connectivity index (χ3v) is 4.33. The molecular formula is C16H13N3S. The Hall–Kier alpha value is -2.20. The van der Waals surface area contributed by atoms with Gasteiger partial charge in [0, 0.05) is 5.70 Å². The zero-order valence-corrected chi connectivity index (χ0v) is 11.5. The molecule has 0 fully saturated rings. The summed E-state index contributed by atoms with van der Waals surface area (Å²) in [5, 5.41) is 5.83. The van der Waals surface area contributed by atoms with Gasteiger partial charge in [-0.3, -0.25) is 0 Å². The van der Waals surface area contributed by atoms with Crippen molar-refractivity contribution in [3.8, 4) is 0 Å². The van der Waals surface area contributed by atoms with Gasteiger partial charge in [-0.15, -0.1) is 0 Å². The molecule has 0 amide bonds. The molecule has 3 nitrogen and oxygen atoms in total. The normalized spacial score (nSPS) is 18.0. The van der Waals surface area contributed by atoms with Gasteiger partial charge in [-0.25, -0.2) is 4.98 Å². The monoisotopic (exact) mass is 279 g/mol. The number of H-pyrrole nitrogens is 1. The lowest BCUT2D eigenvalue weighted by molar-refractivity contribution is 0.822. The molecule has 0 radical (unpaired) electrons. The molecule has 0 aliphatic carbocycles. The van der Waals surface area contributed by atoms with Crippen molar-refractivity contribution in [2.75, 3.05) is 0 Å². The summed E-state index contributed by atoms with van der Waals surface area (Å²) in [6, 6.07) is 18.5. The quantitative estimate of drug-likeness (QED) is 0.747. The molecule has 0 spiro atoms. The number of fused-ring (bicyclic) bond motifs is 1. The molecule has 1 aliphatic rings. The van der Waals surface area contributed by atoms with Crippen LogP contribution in [-0.2, 0) is 0 Å². The Bertz CT molecular complexity index is 744. The van der Waals surface area contributed by atoms with Gasteiger partial charge in [0.1, 0.15) is 11.2 Å². The summed E-state index contributed by atoms with van der Waals surface area (Å²) in [5.41, 5.74) is 4.45. The highest BCUT2D eigenvalue weighted by Gasteiger charge is 2.22. The fourth-order valence-corrected chi connectivity index (χ4v) is 3.26. The van der Waals surface area contributed by atoms with Crippen molar-refractivity contribution in [1.82, 2.24) is 15.3 Å². The van der Waals surface area contributed by atoms with E-state index in [1.54, 1.807) is 11.8 Å². The number of nitrogens with zero attached hydrogens (tertiary/aromatic N) is 1. The van der Waals surface area contributed by atoms with Crippen LogP contribution in [0.3, 0.4) is 0 Å². The molecule has 1 aromatic heterocycles. The van der Waals surface area contributed by atoms with Crippen molar-refractivity contribution in [3.05, 3.63) is 71.4 Å². The molecule has 4 rings (SSSR count). The van der Waals surface area contributed by atoms with Crippen molar-refractivity contribution >= 4 is 28.5 Å². The van der Waals surface area contributed by atoms with E-state index >= 15 is 0 Å². The third-order valence-electron chi connectivity index (χ3n) is 3.35. The van der Waals surface area contributed by atoms with Crippen LogP contribution < -0.4 is 5.32 Å². The van der Waals surface area contributed by atoms with Gasteiger partial charge in [0.25, 0.3) is 0 Å². The number of aromatic amines is 1. The van der Waals surface area contributed by atoms with Gasteiger partial charge in [-0.1, -0.05) is 54.2 Å². The van der Waals surface area contributed by atoms with Gasteiger partial charge in [0.05, 0.1) is 11.0 Å². The first-order valence-electron chi connectivity index (χ1n) is 6.52. The summed E-state index contributed by atoms with van der Waals surface area (Å²) in [5.74, 6) is 0.971. The maximum atomic E-state index is 4.65. The Kier molecular flexibility index (Phi) is 2.74. The van der Waals surface area contributed by atoms with Crippen molar-refractivity contribution in [2.45, 2.75) is 5.37 Å². The van der Waals surface area contributed by atoms with Crippen LogP contribution in [0.15, 0.2) is 60.0 Å². The van der Waals surface area contributed by atoms with Crippen molar-refractivity contribution in [2.24, 2.45) is 0 Å². The van der Waals surface area contributed by atoms with E-state index in [0.29, 0.717) is 0 Å². The van der Waals surface area contributed by atoms with E-state index in [9.17, 15) is 0 Å². The molecule has 2 N–H and O–H groups in total. The zero-order valence-electron chi connectivity index (χ0n) is 10.7. The standard InChI is InChI=1S/C16H13N3S/c1-2-6-11(7-3-1)14-10-20-16(19-14)15-17-12-8-4-5-9-13(12)18-15/h1-10,16,19H,(H,17,18). The molecule has 1 unspecified atom stereocenters. The number of hydrogen-bond donors (Lipinski definition) is 2. The number of nitrogens with one attached hydrogen (secondary N) is 2. The van der Waals surface area contributed by atoms with E-state index in [1.165, 1.54) is 5.56 Å². The van der Waals surface area contributed by atoms with E-state index in [-0.39, 0.29) is 5.37 Å². The van der Waals surface area contributed by atoms with Gasteiger partial charge >= 0.3 is 0 Å². The molecule has 0 saturated carbocycles. The highest BCUT2D eigenvalue weighted by Crippen LogP contribution is 2.36. The zero-order chi connectivity index (χ0) is 13.4. The number of hydrogen-bond acceptors (Lipinski definition) is 3. The summed E-state index contributed by atoms with van der Waals surface area (Å²) in [7, 11) is 0. The molecule has 3 aromatic rings. The molecule has 4 heteroatoms. The maximum Gasteiger partial charge on any atom is 0.140 e. The maximum absolute atomic E-state index is 4.65. The SMILES string of the molecule is C1=C(c2ccccc2)NC(c2nc3ccccc3[nH]2)S1. The van der Waals surface area contributed by atoms with Gasteiger partial charge < -0.3 is 10.3 Å². The molecule has 2 aromatic carbocycles. The Morgan fingerprint density at radius 2 is 1.75 bits per heavy atom. The Morgan fingerprint density at radius 1 is 0.950 bits per heavy atom. The number of imidazole rings is 1. The summed E-state index contributed by atoms with van der Waals surface area (Å²) < 4.78 is 0. The van der Waals surface area contributed by atoms with Crippen LogP contribution in [0.1, 0.15) is 16.8 Å². The first-order chi connectivity index (χ1) is 9.90. The fourth-order valence-electron chi connectivity index (χ4n) is 2.34. The first-order valence-corrected chi connectivity index (χ1v) is 7.47. The summed E-state index contributed by atoms with van der Waals surface area (Å²) in [4.78, 5) is 8.03. The lowest BCUT2D eigenvalue weighted by Crippen LogP contribution is -2.13. The molecule has 98 valence electrons. The summed E-state index contributed by atoms with van der Waals surface area (Å²) in [6.45, 7) is 0. The number of rotatable bonds is 2. The largest absolute Gasteiger partial charge is 0.366 e. The number of benzene rings is 2. The lowest BCUT2D eigenvalue weighted by atomic mass is 10.2. The molecule has 2 heterocycles. The molecule has 0 bridgehead atoms. The van der Waals surface area contributed by atoms with Gasteiger partial charge in [-0.05, 0) is 23.1 Å². The number of para-hydroxylation sites is 2. The predicted molar refractivity (Wildman–Crippen MR) is 84.0 cm³/mol. The minimum atomic E-state index is 0.151. The summed E-state index contributed by atoms with van der Waals surface area (Å²) >= 11 is 1.75. The lowest BCUT2D eigenvalue weighted by Gasteiger charge is -2.10. The predicted octanol–water partition coefficient (Wildman–Crippen LogP) is 3.90. The van der Waals surface area contributed by atoms with Crippen molar-refractivity contribution < 1.29 is 0 Å². The van der Waals surface area contributed by atoms with Crippen LogP contribution in [0, 0.1) is 0 Å². The van der Waals surface area contributed by atoms with Crippen LogP contribution in [0.5, 0.6) is 0 Å². The third kappa shape index (κ3) is 1.98. The van der Waals surface area contributed by atoms with E-state index < -0.39 is 0 Å². The van der Waals surface area contributed by atoms with Crippen molar-refractivity contribution in [1.29, 1.82) is 0 Å². The highest BCUT2D eigenvalue weighted by molar-refractivity contribution is 8.02. The van der Waals surface area contributed by atoms with Crippen molar-refractivity contribution in [3.63, 3.8) is 0 Å².